The van der Waals surface area contributed by atoms with Crippen LogP contribution >= 0.6 is 0 Å². The van der Waals surface area contributed by atoms with Gasteiger partial charge in [-0.1, -0.05) is 12.1 Å². The van der Waals surface area contributed by atoms with E-state index >= 15 is 0 Å². The Morgan fingerprint density at radius 3 is 2.57 bits per heavy atom. The molecule has 1 fully saturated rings. The monoisotopic (exact) mass is 293 g/mol. The van der Waals surface area contributed by atoms with E-state index in [0.717, 1.165) is 12.1 Å². The summed E-state index contributed by atoms with van der Waals surface area (Å²) in [6.45, 7) is 7.08. The van der Waals surface area contributed by atoms with E-state index in [1.807, 2.05) is 33.9 Å². The third-order valence-electron chi connectivity index (χ3n) is 4.29. The van der Waals surface area contributed by atoms with Gasteiger partial charge in [0.1, 0.15) is 5.82 Å². The average Bonchev–Trinajstić information content (AvgIpc) is 2.39. The van der Waals surface area contributed by atoms with E-state index in [1.54, 1.807) is 11.0 Å². The summed E-state index contributed by atoms with van der Waals surface area (Å²) < 4.78 is 13.6. The first kappa shape index (κ1) is 15.9. The van der Waals surface area contributed by atoms with Crippen molar-refractivity contribution in [2.24, 2.45) is 5.73 Å². The van der Waals surface area contributed by atoms with E-state index in [9.17, 15) is 9.18 Å². The van der Waals surface area contributed by atoms with E-state index in [2.05, 4.69) is 4.90 Å². The minimum atomic E-state index is -0.655. The Kier molecular flexibility index (Phi) is 4.35. The number of hydrogen-bond acceptors (Lipinski definition) is 3. The van der Waals surface area contributed by atoms with Gasteiger partial charge in [0.15, 0.2) is 0 Å². The molecule has 0 saturated carbocycles. The molecule has 116 valence electrons. The fourth-order valence-corrected chi connectivity index (χ4v) is 3.17. The number of carbonyl (C=O) groups excluding carboxylic acids is 1. The number of piperazine rings is 1. The smallest absolute Gasteiger partial charge is 0.242 e. The fourth-order valence-electron chi connectivity index (χ4n) is 3.17. The highest BCUT2D eigenvalue weighted by Crippen LogP contribution is 2.33. The highest BCUT2D eigenvalue weighted by Gasteiger charge is 2.44. The Morgan fingerprint density at radius 2 is 2.00 bits per heavy atom. The molecule has 2 rings (SSSR count). The summed E-state index contributed by atoms with van der Waals surface area (Å²) in [6.07, 6.45) is 0. The van der Waals surface area contributed by atoms with Crippen LogP contribution < -0.4 is 5.73 Å². The summed E-state index contributed by atoms with van der Waals surface area (Å²) in [5, 5.41) is 0. The molecule has 0 spiro atoms. The quantitative estimate of drug-likeness (QED) is 0.924. The third kappa shape index (κ3) is 2.94. The van der Waals surface area contributed by atoms with Crippen LogP contribution in [-0.2, 0) is 4.79 Å². The van der Waals surface area contributed by atoms with Crippen molar-refractivity contribution in [3.05, 3.63) is 35.6 Å². The van der Waals surface area contributed by atoms with Crippen molar-refractivity contribution in [3.8, 4) is 0 Å². The predicted octanol–water partition coefficient (Wildman–Crippen LogP) is 1.77. The summed E-state index contributed by atoms with van der Waals surface area (Å²) in [6, 6.07) is 6.09. The van der Waals surface area contributed by atoms with Gasteiger partial charge in [-0.2, -0.15) is 0 Å². The molecule has 1 saturated heterocycles. The van der Waals surface area contributed by atoms with E-state index < -0.39 is 5.54 Å². The number of nitrogens with zero attached hydrogens (tertiary/aromatic N) is 2. The van der Waals surface area contributed by atoms with Crippen LogP contribution in [-0.4, -0.2) is 47.4 Å². The first-order chi connectivity index (χ1) is 9.75. The summed E-state index contributed by atoms with van der Waals surface area (Å²) >= 11 is 0. The SMILES string of the molecule is CC(N)C(c1cccc(F)c1)N1CCN(C)C(=O)C1(C)C. The topological polar surface area (TPSA) is 49.6 Å². The van der Waals surface area contributed by atoms with Crippen LogP contribution in [0.4, 0.5) is 4.39 Å². The van der Waals surface area contributed by atoms with Gasteiger partial charge in [0.25, 0.3) is 0 Å². The summed E-state index contributed by atoms with van der Waals surface area (Å²) in [5.74, 6) is -0.216. The summed E-state index contributed by atoms with van der Waals surface area (Å²) in [4.78, 5) is 16.3. The lowest BCUT2D eigenvalue weighted by molar-refractivity contribution is -0.150. The molecule has 1 aliphatic heterocycles. The maximum absolute atomic E-state index is 13.6. The first-order valence-electron chi connectivity index (χ1n) is 7.28. The number of nitrogens with two attached hydrogens (primary N) is 1. The number of carbonyl (C=O) groups is 1. The molecule has 2 unspecified atom stereocenters. The largest absolute Gasteiger partial charge is 0.343 e. The van der Waals surface area contributed by atoms with Crippen LogP contribution in [0.25, 0.3) is 0 Å². The van der Waals surface area contributed by atoms with Gasteiger partial charge in [-0.3, -0.25) is 9.69 Å². The Labute approximate surface area is 125 Å². The van der Waals surface area contributed by atoms with E-state index in [4.69, 9.17) is 5.73 Å². The van der Waals surface area contributed by atoms with Gasteiger partial charge in [-0.05, 0) is 38.5 Å². The molecule has 1 aromatic carbocycles. The minimum Gasteiger partial charge on any atom is -0.343 e. The lowest BCUT2D eigenvalue weighted by Crippen LogP contribution is -2.64. The molecule has 1 aliphatic rings. The lowest BCUT2D eigenvalue weighted by atomic mass is 9.90. The molecule has 2 N–H and O–H groups in total. The zero-order chi connectivity index (χ0) is 15.8. The zero-order valence-corrected chi connectivity index (χ0v) is 13.1. The minimum absolute atomic E-state index is 0.0656. The summed E-state index contributed by atoms with van der Waals surface area (Å²) in [5.41, 5.74) is 6.32. The number of benzene rings is 1. The molecule has 0 aromatic heterocycles. The van der Waals surface area contributed by atoms with Crippen LogP contribution in [0.5, 0.6) is 0 Å². The molecule has 0 radical (unpaired) electrons. The molecule has 21 heavy (non-hydrogen) atoms. The van der Waals surface area contributed by atoms with Crippen molar-refractivity contribution in [1.29, 1.82) is 0 Å². The Hall–Kier alpha value is -1.46. The Bertz CT molecular complexity index is 530. The number of hydrogen-bond donors (Lipinski definition) is 1. The zero-order valence-electron chi connectivity index (χ0n) is 13.1. The highest BCUT2D eigenvalue weighted by molar-refractivity contribution is 5.86. The van der Waals surface area contributed by atoms with Crippen molar-refractivity contribution in [3.63, 3.8) is 0 Å². The molecule has 1 amide bonds. The summed E-state index contributed by atoms with van der Waals surface area (Å²) in [7, 11) is 1.81. The van der Waals surface area contributed by atoms with Crippen molar-refractivity contribution < 1.29 is 9.18 Å². The van der Waals surface area contributed by atoms with Crippen molar-refractivity contribution >= 4 is 5.91 Å². The van der Waals surface area contributed by atoms with Gasteiger partial charge < -0.3 is 10.6 Å². The third-order valence-corrected chi connectivity index (χ3v) is 4.29. The molecule has 2 atom stereocenters. The molecule has 1 heterocycles. The van der Waals surface area contributed by atoms with Crippen LogP contribution in [0.1, 0.15) is 32.4 Å². The van der Waals surface area contributed by atoms with Crippen LogP contribution in [0.3, 0.4) is 0 Å². The van der Waals surface area contributed by atoms with Gasteiger partial charge in [0.05, 0.1) is 11.6 Å². The number of likely N-dealkylation sites (N-methyl/N-ethyl adjacent to an activating group) is 1. The van der Waals surface area contributed by atoms with Crippen molar-refractivity contribution in [2.45, 2.75) is 38.4 Å². The van der Waals surface area contributed by atoms with Gasteiger partial charge in [-0.15, -0.1) is 0 Å². The molecule has 1 aromatic rings. The second-order valence-electron chi connectivity index (χ2n) is 6.34. The maximum atomic E-state index is 13.6. The second kappa shape index (κ2) is 5.73. The molecule has 0 aliphatic carbocycles. The predicted molar refractivity (Wildman–Crippen MR) is 81.2 cm³/mol. The first-order valence-corrected chi connectivity index (χ1v) is 7.28. The van der Waals surface area contributed by atoms with Gasteiger partial charge in [0, 0.05) is 26.2 Å². The van der Waals surface area contributed by atoms with Gasteiger partial charge in [-0.25, -0.2) is 4.39 Å². The van der Waals surface area contributed by atoms with Crippen molar-refractivity contribution in [2.75, 3.05) is 20.1 Å². The number of amides is 1. The molecule has 0 bridgehead atoms. The van der Waals surface area contributed by atoms with Crippen LogP contribution in [0, 0.1) is 5.82 Å². The van der Waals surface area contributed by atoms with Crippen LogP contribution in [0.2, 0.25) is 0 Å². The fraction of sp³-hybridized carbons (Fsp3) is 0.562. The van der Waals surface area contributed by atoms with E-state index in [-0.39, 0.29) is 23.8 Å². The van der Waals surface area contributed by atoms with Gasteiger partial charge in [0.2, 0.25) is 5.91 Å². The number of rotatable bonds is 3. The van der Waals surface area contributed by atoms with E-state index in [0.29, 0.717) is 6.54 Å². The molecule has 5 heteroatoms. The standard InChI is InChI=1S/C16H24FN3O/c1-11(18)14(12-6-5-7-13(17)10-12)20-9-8-19(4)15(21)16(20,2)3/h5-7,10-11,14H,8-9,18H2,1-4H3. The van der Waals surface area contributed by atoms with Crippen molar-refractivity contribution in [1.82, 2.24) is 9.80 Å². The lowest BCUT2D eigenvalue weighted by Gasteiger charge is -2.49. The average molecular weight is 293 g/mol. The molecular formula is C16H24FN3O. The van der Waals surface area contributed by atoms with Gasteiger partial charge >= 0.3 is 0 Å². The normalized spacial score (nSPS) is 22.2. The molecule has 4 nitrogen and oxygen atoms in total. The highest BCUT2D eigenvalue weighted by atomic mass is 19.1. The Balaban J connectivity index is 2.41. The second-order valence-corrected chi connectivity index (χ2v) is 6.34. The van der Waals surface area contributed by atoms with E-state index in [1.165, 1.54) is 12.1 Å². The number of halogens is 1. The molecular weight excluding hydrogens is 269 g/mol. The Morgan fingerprint density at radius 1 is 1.33 bits per heavy atom. The van der Waals surface area contributed by atoms with Crippen LogP contribution in [0.15, 0.2) is 24.3 Å². The maximum Gasteiger partial charge on any atom is 0.242 e.